The summed E-state index contributed by atoms with van der Waals surface area (Å²) in [6.07, 6.45) is 0. The number of carbonyl (C=O) groups excluding carboxylic acids is 2. The number of alkyl halides is 1. The standard InChI is InChI=1S/C9H16BrNO6/c1-15-7(13)6(4-12)11-8(14)9(5-10,16-2)17-3/h6,12H,4-5H2,1-3H3,(H,11,14)/t6-/m0/s1. The molecule has 1 amide bonds. The van der Waals surface area contributed by atoms with Crippen LogP contribution in [0, 0.1) is 0 Å². The molecule has 1 atom stereocenters. The minimum atomic E-state index is -1.55. The van der Waals surface area contributed by atoms with Crippen LogP contribution in [0.2, 0.25) is 0 Å². The fraction of sp³-hybridized carbons (Fsp3) is 0.778. The summed E-state index contributed by atoms with van der Waals surface area (Å²) >= 11 is 3.07. The molecule has 0 unspecified atom stereocenters. The Morgan fingerprint density at radius 2 is 1.88 bits per heavy atom. The van der Waals surface area contributed by atoms with E-state index in [1.54, 1.807) is 0 Å². The minimum absolute atomic E-state index is 0.0676. The summed E-state index contributed by atoms with van der Waals surface area (Å²) in [7, 11) is 3.73. The maximum Gasteiger partial charge on any atom is 0.330 e. The van der Waals surface area contributed by atoms with E-state index in [-0.39, 0.29) is 5.33 Å². The number of rotatable bonds is 7. The van der Waals surface area contributed by atoms with E-state index < -0.39 is 30.3 Å². The molecule has 2 N–H and O–H groups in total. The highest BCUT2D eigenvalue weighted by Crippen LogP contribution is 2.15. The minimum Gasteiger partial charge on any atom is -0.467 e. The van der Waals surface area contributed by atoms with Crippen molar-refractivity contribution in [2.75, 3.05) is 33.3 Å². The van der Waals surface area contributed by atoms with Crippen LogP contribution < -0.4 is 5.32 Å². The zero-order chi connectivity index (χ0) is 13.5. The molecule has 100 valence electrons. The summed E-state index contributed by atoms with van der Waals surface area (Å²) in [6.45, 7) is -0.579. The van der Waals surface area contributed by atoms with Gasteiger partial charge in [-0.05, 0) is 0 Å². The van der Waals surface area contributed by atoms with Gasteiger partial charge < -0.3 is 24.6 Å². The predicted molar refractivity (Wildman–Crippen MR) is 61.6 cm³/mol. The quantitative estimate of drug-likeness (QED) is 0.356. The third-order valence-electron chi connectivity index (χ3n) is 2.15. The number of hydrogen-bond acceptors (Lipinski definition) is 6. The van der Waals surface area contributed by atoms with Gasteiger partial charge >= 0.3 is 5.97 Å². The molecule has 0 saturated carbocycles. The molecule has 0 radical (unpaired) electrons. The van der Waals surface area contributed by atoms with Crippen molar-refractivity contribution in [2.45, 2.75) is 11.8 Å². The molecule has 0 aromatic carbocycles. The first kappa shape index (κ1) is 16.3. The maximum atomic E-state index is 11.8. The number of nitrogens with one attached hydrogen (secondary N) is 1. The first-order valence-electron chi connectivity index (χ1n) is 4.67. The predicted octanol–water partition coefficient (Wildman–Crippen LogP) is -0.979. The Morgan fingerprint density at radius 1 is 1.35 bits per heavy atom. The van der Waals surface area contributed by atoms with Crippen LogP contribution in [0.25, 0.3) is 0 Å². The van der Waals surface area contributed by atoms with E-state index in [1.807, 2.05) is 0 Å². The van der Waals surface area contributed by atoms with E-state index in [0.29, 0.717) is 0 Å². The van der Waals surface area contributed by atoms with Crippen molar-refractivity contribution in [1.82, 2.24) is 5.32 Å². The van der Waals surface area contributed by atoms with Gasteiger partial charge in [-0.25, -0.2) is 4.79 Å². The molecule has 0 aliphatic heterocycles. The van der Waals surface area contributed by atoms with Crippen molar-refractivity contribution in [3.63, 3.8) is 0 Å². The summed E-state index contributed by atoms with van der Waals surface area (Å²) in [5, 5.41) is 11.3. The van der Waals surface area contributed by atoms with Gasteiger partial charge in [0.1, 0.15) is 0 Å². The highest BCUT2D eigenvalue weighted by Gasteiger charge is 2.40. The molecular formula is C9H16BrNO6. The molecule has 7 nitrogen and oxygen atoms in total. The Bertz CT molecular complexity index is 260. The number of hydrogen-bond donors (Lipinski definition) is 2. The third-order valence-corrected chi connectivity index (χ3v) is 2.89. The molecule has 0 fully saturated rings. The van der Waals surface area contributed by atoms with Crippen molar-refractivity contribution >= 4 is 27.8 Å². The van der Waals surface area contributed by atoms with Gasteiger partial charge in [-0.1, -0.05) is 15.9 Å². The van der Waals surface area contributed by atoms with Crippen LogP contribution in [0.3, 0.4) is 0 Å². The lowest BCUT2D eigenvalue weighted by atomic mass is 10.2. The molecule has 17 heavy (non-hydrogen) atoms. The van der Waals surface area contributed by atoms with Crippen LogP contribution in [-0.4, -0.2) is 62.1 Å². The van der Waals surface area contributed by atoms with Crippen LogP contribution in [-0.2, 0) is 23.8 Å². The fourth-order valence-corrected chi connectivity index (χ4v) is 1.74. The molecule has 0 aromatic heterocycles. The van der Waals surface area contributed by atoms with E-state index in [0.717, 1.165) is 7.11 Å². The van der Waals surface area contributed by atoms with E-state index >= 15 is 0 Å². The van der Waals surface area contributed by atoms with Gasteiger partial charge in [0.25, 0.3) is 11.7 Å². The largest absolute Gasteiger partial charge is 0.467 e. The first-order chi connectivity index (χ1) is 8.01. The van der Waals surface area contributed by atoms with Crippen molar-refractivity contribution < 1.29 is 28.9 Å². The topological polar surface area (TPSA) is 94.1 Å². The van der Waals surface area contributed by atoms with Crippen LogP contribution >= 0.6 is 15.9 Å². The average Bonchev–Trinajstić information content (AvgIpc) is 2.37. The number of aliphatic hydroxyl groups is 1. The van der Waals surface area contributed by atoms with Gasteiger partial charge in [-0.15, -0.1) is 0 Å². The highest BCUT2D eigenvalue weighted by molar-refractivity contribution is 9.09. The Kier molecular flexibility index (Phi) is 7.28. The van der Waals surface area contributed by atoms with E-state index in [4.69, 9.17) is 14.6 Å². The lowest BCUT2D eigenvalue weighted by Gasteiger charge is -2.28. The number of ether oxygens (including phenoxy) is 3. The summed E-state index contributed by atoms with van der Waals surface area (Å²) in [4.78, 5) is 23.0. The number of amides is 1. The summed E-state index contributed by atoms with van der Waals surface area (Å²) in [5.74, 6) is -3.00. The highest BCUT2D eigenvalue weighted by atomic mass is 79.9. The Morgan fingerprint density at radius 3 is 2.18 bits per heavy atom. The molecular weight excluding hydrogens is 298 g/mol. The van der Waals surface area contributed by atoms with Gasteiger partial charge in [-0.3, -0.25) is 4.79 Å². The second-order valence-corrected chi connectivity index (χ2v) is 3.59. The van der Waals surface area contributed by atoms with Crippen LogP contribution in [0.4, 0.5) is 0 Å². The fourth-order valence-electron chi connectivity index (χ4n) is 1.03. The molecule has 0 bridgehead atoms. The Hall–Kier alpha value is -0.700. The molecule has 0 aliphatic carbocycles. The second kappa shape index (κ2) is 7.59. The zero-order valence-electron chi connectivity index (χ0n) is 9.86. The summed E-state index contributed by atoms with van der Waals surface area (Å²) in [5.41, 5.74) is 0. The normalized spacial score (nSPS) is 13.0. The van der Waals surface area contributed by atoms with Gasteiger partial charge in [0, 0.05) is 14.2 Å². The number of aliphatic hydroxyl groups excluding tert-OH is 1. The van der Waals surface area contributed by atoms with Crippen LogP contribution in [0.15, 0.2) is 0 Å². The number of esters is 1. The monoisotopic (exact) mass is 313 g/mol. The molecule has 0 aromatic rings. The van der Waals surface area contributed by atoms with Gasteiger partial charge in [-0.2, -0.15) is 0 Å². The first-order valence-corrected chi connectivity index (χ1v) is 5.79. The number of methoxy groups -OCH3 is 3. The third kappa shape index (κ3) is 3.91. The lowest BCUT2D eigenvalue weighted by Crippen LogP contribution is -2.56. The second-order valence-electron chi connectivity index (χ2n) is 3.03. The zero-order valence-corrected chi connectivity index (χ0v) is 11.4. The number of halogens is 1. The molecule has 0 spiro atoms. The van der Waals surface area contributed by atoms with Crippen molar-refractivity contribution in [3.8, 4) is 0 Å². The SMILES string of the molecule is COC(=O)[C@H](CO)NC(=O)C(CBr)(OC)OC. The molecule has 8 heteroatoms. The molecule has 0 rings (SSSR count). The summed E-state index contributed by atoms with van der Waals surface area (Å²) in [6, 6.07) is -1.16. The van der Waals surface area contributed by atoms with Gasteiger partial charge in [0.05, 0.1) is 19.0 Å². The smallest absolute Gasteiger partial charge is 0.330 e. The van der Waals surface area contributed by atoms with E-state index in [9.17, 15) is 9.59 Å². The average molecular weight is 314 g/mol. The Labute approximate surface area is 108 Å². The maximum absolute atomic E-state index is 11.8. The van der Waals surface area contributed by atoms with E-state index in [1.165, 1.54) is 14.2 Å². The van der Waals surface area contributed by atoms with Crippen molar-refractivity contribution in [3.05, 3.63) is 0 Å². The number of carbonyl (C=O) groups is 2. The van der Waals surface area contributed by atoms with E-state index in [2.05, 4.69) is 26.0 Å². The Balaban J connectivity index is 4.75. The molecule has 0 heterocycles. The van der Waals surface area contributed by atoms with Gasteiger partial charge in [0.2, 0.25) is 0 Å². The van der Waals surface area contributed by atoms with Crippen molar-refractivity contribution in [1.29, 1.82) is 0 Å². The van der Waals surface area contributed by atoms with Crippen LogP contribution in [0.5, 0.6) is 0 Å². The van der Waals surface area contributed by atoms with Gasteiger partial charge in [0.15, 0.2) is 6.04 Å². The summed E-state index contributed by atoms with van der Waals surface area (Å²) < 4.78 is 14.3. The molecule has 0 saturated heterocycles. The molecule has 0 aliphatic rings. The van der Waals surface area contributed by atoms with Crippen molar-refractivity contribution in [2.24, 2.45) is 0 Å². The van der Waals surface area contributed by atoms with Crippen LogP contribution in [0.1, 0.15) is 0 Å². The lowest BCUT2D eigenvalue weighted by molar-refractivity contribution is -0.199.